The zero-order valence-corrected chi connectivity index (χ0v) is 4.71. The first-order valence-electron chi connectivity index (χ1n) is 2.02. The fourth-order valence-electron chi connectivity index (χ4n) is 0.281. The summed E-state index contributed by atoms with van der Waals surface area (Å²) in [5.74, 6) is 0. The van der Waals surface area contributed by atoms with E-state index in [2.05, 4.69) is 13.8 Å². The predicted molar refractivity (Wildman–Crippen MR) is 27.7 cm³/mol. The van der Waals surface area contributed by atoms with E-state index in [0.717, 1.165) is 5.03 Å². The minimum atomic E-state index is 0.265. The quantitative estimate of drug-likeness (QED) is 0.440. The van der Waals surface area contributed by atoms with Gasteiger partial charge in [0.2, 0.25) is 0 Å². The summed E-state index contributed by atoms with van der Waals surface area (Å²) in [4.78, 5) is 0. The Morgan fingerprint density at radius 2 is 1.83 bits per heavy atom. The van der Waals surface area contributed by atoms with Crippen LogP contribution in [0.4, 0.5) is 0 Å². The maximum Gasteiger partial charge on any atom is 0.0244 e. The number of hydrogen-bond donors (Lipinski definition) is 0. The minimum absolute atomic E-state index is 0.265. The Bertz CT molecular complexity index is 101. The van der Waals surface area contributed by atoms with E-state index in [-0.39, 0.29) is 5.41 Å². The Morgan fingerprint density at radius 1 is 1.67 bits per heavy atom. The van der Waals surface area contributed by atoms with Crippen LogP contribution in [0, 0.1) is 5.41 Å². The van der Waals surface area contributed by atoms with E-state index in [4.69, 9.17) is 11.6 Å². The lowest BCUT2D eigenvalue weighted by Gasteiger charge is -1.92. The third-order valence-corrected chi connectivity index (χ3v) is 1.62. The van der Waals surface area contributed by atoms with Gasteiger partial charge in [-0.2, -0.15) is 0 Å². The van der Waals surface area contributed by atoms with Gasteiger partial charge in [0.15, 0.2) is 0 Å². The Kier molecular flexibility index (Phi) is 0.568. The number of halogens is 1. The first-order chi connectivity index (χ1) is 2.63. The van der Waals surface area contributed by atoms with Crippen molar-refractivity contribution in [1.29, 1.82) is 0 Å². The van der Waals surface area contributed by atoms with Gasteiger partial charge in [-0.15, -0.1) is 0 Å². The summed E-state index contributed by atoms with van der Waals surface area (Å²) in [6, 6.07) is 0. The molecule has 0 fully saturated rings. The van der Waals surface area contributed by atoms with Crippen LogP contribution in [0.1, 0.15) is 13.8 Å². The van der Waals surface area contributed by atoms with Crippen molar-refractivity contribution >= 4 is 11.6 Å². The Hall–Kier alpha value is 0.0300. The van der Waals surface area contributed by atoms with Gasteiger partial charge < -0.3 is 0 Å². The largest absolute Gasteiger partial charge is 0.0885 e. The van der Waals surface area contributed by atoms with Crippen molar-refractivity contribution in [3.63, 3.8) is 0 Å². The molecule has 0 N–H and O–H groups in total. The second kappa shape index (κ2) is 0.812. The van der Waals surface area contributed by atoms with Crippen LogP contribution in [0.15, 0.2) is 11.1 Å². The molecule has 0 saturated carbocycles. The van der Waals surface area contributed by atoms with E-state index in [1.807, 2.05) is 6.08 Å². The zero-order valence-electron chi connectivity index (χ0n) is 3.96. The first-order valence-corrected chi connectivity index (χ1v) is 2.39. The van der Waals surface area contributed by atoms with Crippen LogP contribution in [-0.4, -0.2) is 0 Å². The molecular weight excluding hydrogens is 95.5 g/mol. The summed E-state index contributed by atoms with van der Waals surface area (Å²) >= 11 is 5.54. The molecule has 1 rings (SSSR count). The summed E-state index contributed by atoms with van der Waals surface area (Å²) in [7, 11) is 0. The fraction of sp³-hybridized carbons (Fsp3) is 0.600. The van der Waals surface area contributed by atoms with Gasteiger partial charge >= 0.3 is 0 Å². The maximum atomic E-state index is 5.54. The zero-order chi connectivity index (χ0) is 4.78. The second-order valence-electron chi connectivity index (χ2n) is 2.21. The van der Waals surface area contributed by atoms with Crippen molar-refractivity contribution < 1.29 is 0 Å². The Labute approximate surface area is 42.8 Å². The van der Waals surface area contributed by atoms with Gasteiger partial charge in [-0.05, 0) is 0 Å². The van der Waals surface area contributed by atoms with Crippen LogP contribution in [0.3, 0.4) is 0 Å². The molecule has 0 radical (unpaired) electrons. The van der Waals surface area contributed by atoms with Gasteiger partial charge in [-0.3, -0.25) is 0 Å². The molecule has 0 bridgehead atoms. The van der Waals surface area contributed by atoms with Crippen LogP contribution in [0.5, 0.6) is 0 Å². The van der Waals surface area contributed by atoms with Crippen LogP contribution >= 0.6 is 11.6 Å². The predicted octanol–water partition coefficient (Wildman–Crippen LogP) is 2.15. The highest BCUT2D eigenvalue weighted by Crippen LogP contribution is 2.45. The SMILES string of the molecule is CC1(C)C=C1Cl. The van der Waals surface area contributed by atoms with E-state index < -0.39 is 0 Å². The first kappa shape index (κ1) is 4.20. The molecule has 0 spiro atoms. The molecule has 6 heavy (non-hydrogen) atoms. The molecule has 0 nitrogen and oxygen atoms in total. The van der Waals surface area contributed by atoms with Crippen molar-refractivity contribution in [3.8, 4) is 0 Å². The number of allylic oxidation sites excluding steroid dienone is 2. The molecule has 0 aromatic carbocycles. The minimum Gasteiger partial charge on any atom is -0.0885 e. The van der Waals surface area contributed by atoms with Crippen molar-refractivity contribution in [1.82, 2.24) is 0 Å². The Balaban J connectivity index is 2.53. The monoisotopic (exact) mass is 102 g/mol. The summed E-state index contributed by atoms with van der Waals surface area (Å²) in [6.45, 7) is 4.19. The smallest absolute Gasteiger partial charge is 0.0244 e. The molecule has 0 amide bonds. The average Bonchev–Trinajstić information content (AvgIpc) is 1.73. The van der Waals surface area contributed by atoms with Crippen LogP contribution < -0.4 is 0 Å². The fourth-order valence-corrected chi connectivity index (χ4v) is 0.553. The molecule has 0 saturated heterocycles. The highest BCUT2D eigenvalue weighted by Gasteiger charge is 2.31. The molecule has 1 heteroatoms. The molecule has 0 aromatic rings. The van der Waals surface area contributed by atoms with Crippen molar-refractivity contribution in [2.75, 3.05) is 0 Å². The Morgan fingerprint density at radius 3 is 1.83 bits per heavy atom. The van der Waals surface area contributed by atoms with Gasteiger partial charge in [0.25, 0.3) is 0 Å². The highest BCUT2D eigenvalue weighted by molar-refractivity contribution is 6.33. The van der Waals surface area contributed by atoms with Gasteiger partial charge in [-0.1, -0.05) is 31.5 Å². The highest BCUT2D eigenvalue weighted by atomic mass is 35.5. The van der Waals surface area contributed by atoms with E-state index in [0.29, 0.717) is 0 Å². The lowest BCUT2D eigenvalue weighted by Crippen LogP contribution is -1.83. The molecule has 0 atom stereocenters. The third-order valence-electron chi connectivity index (χ3n) is 1.02. The molecule has 0 aromatic heterocycles. The normalized spacial score (nSPS) is 26.2. The molecular formula is C5H7Cl. The number of hydrogen-bond acceptors (Lipinski definition) is 0. The van der Waals surface area contributed by atoms with Crippen LogP contribution in [0.2, 0.25) is 0 Å². The molecule has 0 unspecified atom stereocenters. The lowest BCUT2D eigenvalue weighted by atomic mass is 10.2. The average molecular weight is 103 g/mol. The lowest BCUT2D eigenvalue weighted by molar-refractivity contribution is 0.723. The molecule has 0 aliphatic heterocycles. The van der Waals surface area contributed by atoms with Gasteiger partial charge in [0.1, 0.15) is 0 Å². The van der Waals surface area contributed by atoms with Crippen LogP contribution in [0.25, 0.3) is 0 Å². The van der Waals surface area contributed by atoms with Gasteiger partial charge in [0.05, 0.1) is 0 Å². The van der Waals surface area contributed by atoms with Gasteiger partial charge in [0, 0.05) is 10.4 Å². The summed E-state index contributed by atoms with van der Waals surface area (Å²) in [5.41, 5.74) is 0.265. The molecule has 1 aliphatic rings. The molecule has 0 heterocycles. The summed E-state index contributed by atoms with van der Waals surface area (Å²) < 4.78 is 0. The van der Waals surface area contributed by atoms with Crippen molar-refractivity contribution in [2.24, 2.45) is 5.41 Å². The van der Waals surface area contributed by atoms with E-state index in [9.17, 15) is 0 Å². The maximum absolute atomic E-state index is 5.54. The van der Waals surface area contributed by atoms with E-state index >= 15 is 0 Å². The standard InChI is InChI=1S/C5H7Cl/c1-5(2)3-4(5)6/h3H,1-2H3. The molecule has 1 aliphatic carbocycles. The van der Waals surface area contributed by atoms with Crippen molar-refractivity contribution in [3.05, 3.63) is 11.1 Å². The second-order valence-corrected chi connectivity index (χ2v) is 2.62. The van der Waals surface area contributed by atoms with Crippen molar-refractivity contribution in [2.45, 2.75) is 13.8 Å². The topological polar surface area (TPSA) is 0 Å². The van der Waals surface area contributed by atoms with Crippen LogP contribution in [-0.2, 0) is 0 Å². The molecule has 34 valence electrons. The third kappa shape index (κ3) is 0.454. The number of rotatable bonds is 0. The van der Waals surface area contributed by atoms with E-state index in [1.165, 1.54) is 0 Å². The summed E-state index contributed by atoms with van der Waals surface area (Å²) in [5, 5.41) is 1.00. The van der Waals surface area contributed by atoms with E-state index in [1.54, 1.807) is 0 Å². The van der Waals surface area contributed by atoms with Gasteiger partial charge in [-0.25, -0.2) is 0 Å². The summed E-state index contributed by atoms with van der Waals surface area (Å²) in [6.07, 6.45) is 2.04.